The van der Waals surface area contributed by atoms with Gasteiger partial charge in [-0.3, -0.25) is 0 Å². The number of aromatic hydroxyl groups is 1. The molecule has 1 rings (SSSR count). The fourth-order valence-electron chi connectivity index (χ4n) is 1.48. The van der Waals surface area contributed by atoms with Crippen molar-refractivity contribution < 1.29 is 14.6 Å². The van der Waals surface area contributed by atoms with Crippen molar-refractivity contribution in [2.45, 2.75) is 4.58 Å². The second kappa shape index (κ2) is 6.15. The predicted molar refractivity (Wildman–Crippen MR) is 71.0 cm³/mol. The Balaban J connectivity index is 3.24. The molecule has 0 aromatic heterocycles. The van der Waals surface area contributed by atoms with Crippen LogP contribution in [0.3, 0.4) is 0 Å². The number of rotatable bonds is 5. The molecule has 0 bridgehead atoms. The van der Waals surface area contributed by atoms with E-state index in [0.717, 1.165) is 5.56 Å². The van der Waals surface area contributed by atoms with Crippen molar-refractivity contribution in [3.63, 3.8) is 0 Å². The monoisotopic (exact) mass is 260 g/mol. The number of hydrogen-bond donors (Lipinski definition) is 1. The van der Waals surface area contributed by atoms with Crippen LogP contribution in [0.5, 0.6) is 17.2 Å². The number of thioether (sulfide) groups is 2. The van der Waals surface area contributed by atoms with Crippen LogP contribution in [0.4, 0.5) is 0 Å². The van der Waals surface area contributed by atoms with Crippen molar-refractivity contribution in [3.05, 3.63) is 17.7 Å². The zero-order valence-electron chi connectivity index (χ0n) is 9.81. The molecule has 0 spiro atoms. The summed E-state index contributed by atoms with van der Waals surface area (Å²) in [5.41, 5.74) is 0.973. The molecular formula is C11H16O3S2. The van der Waals surface area contributed by atoms with E-state index >= 15 is 0 Å². The lowest BCUT2D eigenvalue weighted by Crippen LogP contribution is -1.96. The van der Waals surface area contributed by atoms with Crippen molar-refractivity contribution in [1.29, 1.82) is 0 Å². The van der Waals surface area contributed by atoms with Gasteiger partial charge in [0.05, 0.1) is 18.8 Å². The van der Waals surface area contributed by atoms with Gasteiger partial charge in [0.25, 0.3) is 0 Å². The molecule has 5 heteroatoms. The first-order chi connectivity index (χ1) is 7.69. The molecule has 0 fully saturated rings. The summed E-state index contributed by atoms with van der Waals surface area (Å²) in [6.07, 6.45) is 4.06. The molecule has 3 nitrogen and oxygen atoms in total. The summed E-state index contributed by atoms with van der Waals surface area (Å²) >= 11 is 3.41. The molecule has 0 aliphatic rings. The van der Waals surface area contributed by atoms with E-state index < -0.39 is 0 Å². The second-order valence-electron chi connectivity index (χ2n) is 3.04. The lowest BCUT2D eigenvalue weighted by Gasteiger charge is -2.18. The highest BCUT2D eigenvalue weighted by Crippen LogP contribution is 2.47. The lowest BCUT2D eigenvalue weighted by atomic mass is 10.2. The summed E-state index contributed by atoms with van der Waals surface area (Å²) in [4.78, 5) is 0. The topological polar surface area (TPSA) is 38.7 Å². The maximum absolute atomic E-state index is 9.94. The Morgan fingerprint density at radius 1 is 1.12 bits per heavy atom. The summed E-state index contributed by atoms with van der Waals surface area (Å²) in [6.45, 7) is 0. The molecule has 0 aliphatic carbocycles. The van der Waals surface area contributed by atoms with Gasteiger partial charge in [0.15, 0.2) is 11.5 Å². The highest BCUT2D eigenvalue weighted by atomic mass is 32.2. The van der Waals surface area contributed by atoms with Gasteiger partial charge in [-0.2, -0.15) is 0 Å². The van der Waals surface area contributed by atoms with Crippen LogP contribution in [0.2, 0.25) is 0 Å². The number of methoxy groups -OCH3 is 2. The van der Waals surface area contributed by atoms with Gasteiger partial charge in [-0.25, -0.2) is 0 Å². The standard InChI is InChI=1S/C11H16O3S2/c1-13-8-6-5-7(11(15-3)16-4)10(14-2)9(8)12/h5-6,11-12H,1-4H3. The number of phenols is 1. The van der Waals surface area contributed by atoms with E-state index in [2.05, 4.69) is 0 Å². The summed E-state index contributed by atoms with van der Waals surface area (Å²) < 4.78 is 10.5. The molecule has 90 valence electrons. The van der Waals surface area contributed by atoms with E-state index in [9.17, 15) is 5.11 Å². The third-order valence-corrected chi connectivity index (χ3v) is 4.75. The largest absolute Gasteiger partial charge is 0.502 e. The minimum Gasteiger partial charge on any atom is -0.502 e. The Bertz CT molecular complexity index is 351. The van der Waals surface area contributed by atoms with Crippen LogP contribution in [0.25, 0.3) is 0 Å². The first-order valence-corrected chi connectivity index (χ1v) is 7.26. The van der Waals surface area contributed by atoms with Gasteiger partial charge < -0.3 is 14.6 Å². The van der Waals surface area contributed by atoms with Crippen molar-refractivity contribution in [3.8, 4) is 17.2 Å². The molecule has 1 N–H and O–H groups in total. The minimum atomic E-state index is 0.0654. The van der Waals surface area contributed by atoms with Gasteiger partial charge in [0.1, 0.15) is 0 Å². The quantitative estimate of drug-likeness (QED) is 0.823. The molecule has 1 aromatic carbocycles. The second-order valence-corrected chi connectivity index (χ2v) is 5.23. The van der Waals surface area contributed by atoms with Crippen LogP contribution in [0.1, 0.15) is 10.1 Å². The highest BCUT2D eigenvalue weighted by molar-refractivity contribution is 8.15. The van der Waals surface area contributed by atoms with Crippen LogP contribution in [-0.2, 0) is 0 Å². The third-order valence-electron chi connectivity index (χ3n) is 2.23. The number of ether oxygens (including phenoxy) is 2. The molecule has 1 aromatic rings. The van der Waals surface area contributed by atoms with Crippen LogP contribution in [-0.4, -0.2) is 31.8 Å². The molecule has 0 amide bonds. The Morgan fingerprint density at radius 3 is 2.19 bits per heavy atom. The van der Waals surface area contributed by atoms with E-state index in [4.69, 9.17) is 9.47 Å². The SMILES string of the molecule is COc1ccc(C(SC)SC)c(OC)c1O. The van der Waals surface area contributed by atoms with Crippen LogP contribution in [0.15, 0.2) is 12.1 Å². The molecule has 0 atom stereocenters. The average Bonchev–Trinajstić information content (AvgIpc) is 2.31. The molecule has 0 saturated carbocycles. The molecule has 0 heterocycles. The van der Waals surface area contributed by atoms with Gasteiger partial charge in [-0.15, -0.1) is 23.5 Å². The van der Waals surface area contributed by atoms with E-state index in [-0.39, 0.29) is 10.3 Å². The van der Waals surface area contributed by atoms with Gasteiger partial charge in [-0.1, -0.05) is 0 Å². The zero-order valence-corrected chi connectivity index (χ0v) is 11.4. The Labute approximate surface area is 105 Å². The average molecular weight is 260 g/mol. The maximum Gasteiger partial charge on any atom is 0.201 e. The van der Waals surface area contributed by atoms with E-state index in [1.165, 1.54) is 7.11 Å². The predicted octanol–water partition coefficient (Wildman–Crippen LogP) is 3.13. The molecule has 0 unspecified atom stereocenters. The van der Waals surface area contributed by atoms with Crippen molar-refractivity contribution >= 4 is 23.5 Å². The minimum absolute atomic E-state index is 0.0654. The Hall–Kier alpha value is -0.680. The van der Waals surface area contributed by atoms with Crippen LogP contribution >= 0.6 is 23.5 Å². The number of phenolic OH excluding ortho intramolecular Hbond substituents is 1. The molecule has 0 radical (unpaired) electrons. The molecular weight excluding hydrogens is 244 g/mol. The number of benzene rings is 1. The third kappa shape index (κ3) is 2.52. The summed E-state index contributed by atoms with van der Waals surface area (Å²) in [6, 6.07) is 3.68. The van der Waals surface area contributed by atoms with Crippen molar-refractivity contribution in [2.24, 2.45) is 0 Å². The van der Waals surface area contributed by atoms with Crippen LogP contribution in [0, 0.1) is 0 Å². The first kappa shape index (κ1) is 13.4. The first-order valence-electron chi connectivity index (χ1n) is 4.69. The number of hydrogen-bond acceptors (Lipinski definition) is 5. The summed E-state index contributed by atoms with van der Waals surface area (Å²) in [5.74, 6) is 0.991. The molecule has 0 aliphatic heterocycles. The Kier molecular flexibility index (Phi) is 5.15. The van der Waals surface area contributed by atoms with Gasteiger partial charge in [-0.05, 0) is 24.6 Å². The Morgan fingerprint density at radius 2 is 1.75 bits per heavy atom. The maximum atomic E-state index is 9.94. The summed E-state index contributed by atoms with van der Waals surface area (Å²) in [5, 5.41) is 9.94. The lowest BCUT2D eigenvalue weighted by molar-refractivity contribution is 0.338. The molecule has 16 heavy (non-hydrogen) atoms. The van der Waals surface area contributed by atoms with Crippen molar-refractivity contribution in [1.82, 2.24) is 0 Å². The fraction of sp³-hybridized carbons (Fsp3) is 0.455. The van der Waals surface area contributed by atoms with Gasteiger partial charge in [0.2, 0.25) is 5.75 Å². The van der Waals surface area contributed by atoms with Crippen LogP contribution < -0.4 is 9.47 Å². The highest BCUT2D eigenvalue weighted by Gasteiger charge is 2.19. The smallest absolute Gasteiger partial charge is 0.201 e. The normalized spacial score (nSPS) is 10.6. The van der Waals surface area contributed by atoms with E-state index in [0.29, 0.717) is 11.5 Å². The van der Waals surface area contributed by atoms with E-state index in [1.807, 2.05) is 18.6 Å². The summed E-state index contributed by atoms with van der Waals surface area (Å²) in [7, 11) is 3.07. The molecule has 0 saturated heterocycles. The van der Waals surface area contributed by atoms with Crippen molar-refractivity contribution in [2.75, 3.05) is 26.7 Å². The van der Waals surface area contributed by atoms with E-state index in [1.54, 1.807) is 36.7 Å². The fourth-order valence-corrected chi connectivity index (χ4v) is 3.13. The van der Waals surface area contributed by atoms with Gasteiger partial charge in [0, 0.05) is 5.56 Å². The zero-order chi connectivity index (χ0) is 12.1. The van der Waals surface area contributed by atoms with Gasteiger partial charge >= 0.3 is 0 Å².